The van der Waals surface area contributed by atoms with Crippen LogP contribution in [0.25, 0.3) is 10.9 Å². The van der Waals surface area contributed by atoms with E-state index in [0.717, 1.165) is 23.0 Å². The molecule has 3 aromatic rings. The Balaban J connectivity index is 0.000000236. The number of carboxylic acid groups (broad SMARTS) is 1. The van der Waals surface area contributed by atoms with Gasteiger partial charge in [0.1, 0.15) is 12.6 Å². The van der Waals surface area contributed by atoms with Gasteiger partial charge in [0.15, 0.2) is 0 Å². The van der Waals surface area contributed by atoms with Crippen LogP contribution in [0.3, 0.4) is 0 Å². The summed E-state index contributed by atoms with van der Waals surface area (Å²) in [6.45, 7) is 0.0451. The molecule has 1 amide bonds. The van der Waals surface area contributed by atoms with Crippen LogP contribution in [0.2, 0.25) is 0 Å². The first kappa shape index (κ1) is 29.3. The normalized spacial score (nSPS) is 16.9. The first-order valence-corrected chi connectivity index (χ1v) is 14.5. The molecule has 1 heterocycles. The lowest BCUT2D eigenvalue weighted by Gasteiger charge is -2.30. The van der Waals surface area contributed by atoms with Crippen LogP contribution in [0.5, 0.6) is 0 Å². The van der Waals surface area contributed by atoms with Gasteiger partial charge in [0.05, 0.1) is 5.52 Å². The number of benzene rings is 2. The van der Waals surface area contributed by atoms with Crippen molar-refractivity contribution in [2.45, 2.75) is 95.4 Å². The van der Waals surface area contributed by atoms with Crippen molar-refractivity contribution in [3.05, 3.63) is 71.9 Å². The molecule has 214 valence electrons. The number of carbonyl (C=O) groups is 3. The second kappa shape index (κ2) is 15.2. The number of rotatable bonds is 9. The Morgan fingerprint density at radius 2 is 1.50 bits per heavy atom. The van der Waals surface area contributed by atoms with Gasteiger partial charge < -0.3 is 20.5 Å². The number of fused-ring (bicyclic) bond motifs is 1. The van der Waals surface area contributed by atoms with Crippen LogP contribution in [0.1, 0.15) is 75.3 Å². The van der Waals surface area contributed by atoms with E-state index in [0.29, 0.717) is 17.5 Å². The average Bonchev–Trinajstić information content (AvgIpc) is 3.35. The molecule has 0 radical (unpaired) electrons. The molecule has 2 saturated carbocycles. The van der Waals surface area contributed by atoms with Crippen LogP contribution < -0.4 is 10.6 Å². The first-order valence-electron chi connectivity index (χ1n) is 14.5. The van der Waals surface area contributed by atoms with Crippen LogP contribution in [-0.2, 0) is 27.4 Å². The summed E-state index contributed by atoms with van der Waals surface area (Å²) in [6.07, 6.45) is 16.0. The Hall–Kier alpha value is -3.65. The third-order valence-electron chi connectivity index (χ3n) is 7.85. The van der Waals surface area contributed by atoms with Crippen molar-refractivity contribution in [2.24, 2.45) is 0 Å². The monoisotopic (exact) mass is 547 g/mol. The zero-order valence-electron chi connectivity index (χ0n) is 23.1. The number of carbonyl (C=O) groups excluding carboxylic acids is 2. The van der Waals surface area contributed by atoms with Crippen LogP contribution in [0.15, 0.2) is 60.8 Å². The minimum Gasteiger partial charge on any atom is -0.480 e. The second-order valence-corrected chi connectivity index (χ2v) is 10.8. The Morgan fingerprint density at radius 1 is 0.900 bits per heavy atom. The quantitative estimate of drug-likeness (QED) is 0.290. The van der Waals surface area contributed by atoms with E-state index in [-0.39, 0.29) is 13.0 Å². The lowest BCUT2D eigenvalue weighted by molar-refractivity contribution is -0.139. The summed E-state index contributed by atoms with van der Waals surface area (Å²) in [4.78, 5) is 34.8. The van der Waals surface area contributed by atoms with E-state index >= 15 is 0 Å². The molecule has 1 atom stereocenters. The van der Waals surface area contributed by atoms with Gasteiger partial charge in [0.25, 0.3) is 0 Å². The fourth-order valence-corrected chi connectivity index (χ4v) is 5.73. The highest BCUT2D eigenvalue weighted by Gasteiger charge is 2.23. The van der Waals surface area contributed by atoms with E-state index in [1.165, 1.54) is 68.8 Å². The number of hydrogen-bond donors (Lipinski definition) is 3. The highest BCUT2D eigenvalue weighted by atomic mass is 16.5. The van der Waals surface area contributed by atoms with Gasteiger partial charge in [0, 0.05) is 30.1 Å². The van der Waals surface area contributed by atoms with Crippen LogP contribution in [0, 0.1) is 0 Å². The predicted octanol–water partition coefficient (Wildman–Crippen LogP) is 5.84. The minimum absolute atomic E-state index is 0.0249. The van der Waals surface area contributed by atoms with Crippen molar-refractivity contribution in [3.63, 3.8) is 0 Å². The van der Waals surface area contributed by atoms with E-state index < -0.39 is 18.1 Å². The summed E-state index contributed by atoms with van der Waals surface area (Å²) in [5.41, 5.74) is 2.13. The molecule has 3 N–H and O–H groups in total. The molecule has 8 nitrogen and oxygen atoms in total. The maximum atomic E-state index is 12.0. The van der Waals surface area contributed by atoms with Gasteiger partial charge in [-0.15, -0.1) is 0 Å². The number of nitrogens with one attached hydrogen (secondary N) is 2. The fraction of sp³-hybridized carbons (Fsp3) is 0.469. The number of hydrogen-bond acceptors (Lipinski definition) is 5. The van der Waals surface area contributed by atoms with Gasteiger partial charge in [-0.2, -0.15) is 0 Å². The van der Waals surface area contributed by atoms with Gasteiger partial charge in [-0.05, 0) is 42.9 Å². The van der Waals surface area contributed by atoms with E-state index in [4.69, 9.17) is 4.74 Å². The molecular formula is C32H41N3O5. The summed E-state index contributed by atoms with van der Waals surface area (Å²) in [5, 5.41) is 16.4. The molecule has 40 heavy (non-hydrogen) atoms. The molecule has 5 rings (SSSR count). The van der Waals surface area contributed by atoms with E-state index in [2.05, 4.69) is 10.6 Å². The molecule has 0 spiro atoms. The Labute approximate surface area is 236 Å². The smallest absolute Gasteiger partial charge is 0.408 e. The third-order valence-corrected chi connectivity index (χ3v) is 7.85. The standard InChI is InChI=1S/C20H18N2O5.C12H23N/c23-13-22-11-15(16-8-4-5-9-18(16)22)10-17(19(24)25)21-20(26)27-12-14-6-2-1-3-7-14;1-3-7-11(8-4-1)13-12-9-5-2-6-10-12/h1-9,11,13,17H,10,12H2,(H,21,26)(H,24,25);11-13H,1-10H2/t17-;/m0./s1. The maximum absolute atomic E-state index is 12.0. The van der Waals surface area contributed by atoms with Gasteiger partial charge in [0.2, 0.25) is 6.41 Å². The third kappa shape index (κ3) is 8.68. The highest BCUT2D eigenvalue weighted by Crippen LogP contribution is 2.23. The van der Waals surface area contributed by atoms with Crippen LogP contribution in [-0.4, -0.2) is 46.3 Å². The number of para-hydroxylation sites is 1. The fourth-order valence-electron chi connectivity index (χ4n) is 5.73. The number of alkyl carbamates (subject to hydrolysis) is 1. The van der Waals surface area contributed by atoms with Gasteiger partial charge >= 0.3 is 12.1 Å². The van der Waals surface area contributed by atoms with Crippen molar-refractivity contribution in [2.75, 3.05) is 0 Å². The lowest BCUT2D eigenvalue weighted by Crippen LogP contribution is -2.42. The maximum Gasteiger partial charge on any atom is 0.408 e. The van der Waals surface area contributed by atoms with E-state index in [9.17, 15) is 19.5 Å². The van der Waals surface area contributed by atoms with Crippen LogP contribution >= 0.6 is 0 Å². The highest BCUT2D eigenvalue weighted by molar-refractivity contribution is 5.89. The van der Waals surface area contributed by atoms with Gasteiger partial charge in [-0.25, -0.2) is 9.59 Å². The summed E-state index contributed by atoms with van der Waals surface area (Å²) in [7, 11) is 0. The number of ether oxygens (including phenoxy) is 1. The van der Waals surface area contributed by atoms with Gasteiger partial charge in [-0.3, -0.25) is 9.36 Å². The molecule has 2 aromatic carbocycles. The molecule has 1 aromatic heterocycles. The average molecular weight is 548 g/mol. The Morgan fingerprint density at radius 3 is 2.10 bits per heavy atom. The molecular weight excluding hydrogens is 506 g/mol. The summed E-state index contributed by atoms with van der Waals surface area (Å²) >= 11 is 0. The molecule has 0 unspecified atom stereocenters. The lowest BCUT2D eigenvalue weighted by atomic mass is 9.91. The number of aliphatic carboxylic acids is 1. The molecule has 0 saturated heterocycles. The van der Waals surface area contributed by atoms with Gasteiger partial charge in [-0.1, -0.05) is 87.1 Å². The molecule has 2 aliphatic carbocycles. The van der Waals surface area contributed by atoms with Crippen molar-refractivity contribution < 1.29 is 24.2 Å². The van der Waals surface area contributed by atoms with Crippen molar-refractivity contribution in [1.29, 1.82) is 0 Å². The molecule has 2 fully saturated rings. The zero-order valence-corrected chi connectivity index (χ0v) is 23.1. The second-order valence-electron chi connectivity index (χ2n) is 10.8. The zero-order chi connectivity index (χ0) is 28.2. The Bertz CT molecular complexity index is 1210. The number of nitrogens with zero attached hydrogens (tertiary/aromatic N) is 1. The molecule has 0 aliphatic heterocycles. The largest absolute Gasteiger partial charge is 0.480 e. The number of amides is 1. The summed E-state index contributed by atoms with van der Waals surface area (Å²) in [6, 6.07) is 16.8. The van der Waals surface area contributed by atoms with Crippen LogP contribution in [0.4, 0.5) is 4.79 Å². The first-order chi connectivity index (χ1) is 19.5. The topological polar surface area (TPSA) is 110 Å². The van der Waals surface area contributed by atoms with E-state index in [1.54, 1.807) is 42.6 Å². The van der Waals surface area contributed by atoms with Crippen molar-refractivity contribution >= 4 is 29.4 Å². The Kier molecular flexibility index (Phi) is 11.2. The molecule has 8 heteroatoms. The molecule has 0 bridgehead atoms. The predicted molar refractivity (Wildman–Crippen MR) is 156 cm³/mol. The SMILES string of the molecule is C1CCC(NC2CCCCC2)CC1.O=Cn1cc(C[C@H](NC(=O)OCc2ccccc2)C(=O)O)c2ccccc21. The summed E-state index contributed by atoms with van der Waals surface area (Å²) < 4.78 is 6.47. The summed E-state index contributed by atoms with van der Waals surface area (Å²) in [5.74, 6) is -1.19. The van der Waals surface area contributed by atoms with Crippen molar-refractivity contribution in [3.8, 4) is 0 Å². The van der Waals surface area contributed by atoms with Crippen molar-refractivity contribution in [1.82, 2.24) is 15.2 Å². The number of carboxylic acids is 1. The molecule has 2 aliphatic rings. The number of aromatic nitrogens is 1. The van der Waals surface area contributed by atoms with E-state index in [1.807, 2.05) is 18.2 Å². The minimum atomic E-state index is -1.19.